The molecule has 1 aromatic heterocycles. The number of rotatable bonds is 6. The predicted molar refractivity (Wildman–Crippen MR) is 118 cm³/mol. The number of nitriles is 1. The fraction of sp³-hybridized carbons (Fsp3) is 0.167. The molecule has 1 heterocycles. The molecule has 3 aromatic carbocycles. The molecule has 0 radical (unpaired) electrons. The van der Waals surface area contributed by atoms with Crippen LogP contribution in [0.5, 0.6) is 17.2 Å². The van der Waals surface area contributed by atoms with E-state index in [1.807, 2.05) is 50.2 Å². The number of tetrazole rings is 1. The van der Waals surface area contributed by atoms with E-state index in [0.29, 0.717) is 28.5 Å². The molecule has 0 atom stereocenters. The van der Waals surface area contributed by atoms with Gasteiger partial charge in [0.25, 0.3) is 0 Å². The van der Waals surface area contributed by atoms with Gasteiger partial charge >= 0.3 is 5.69 Å². The van der Waals surface area contributed by atoms with Crippen LogP contribution < -0.4 is 15.2 Å². The van der Waals surface area contributed by atoms with Crippen molar-refractivity contribution in [3.63, 3.8) is 0 Å². The molecule has 0 spiro atoms. The van der Waals surface area contributed by atoms with Gasteiger partial charge in [-0.1, -0.05) is 18.2 Å². The lowest BCUT2D eigenvalue weighted by molar-refractivity contribution is 0.302. The number of ether oxygens (including phenoxy) is 2. The van der Waals surface area contributed by atoms with Gasteiger partial charge in [-0.2, -0.15) is 14.6 Å². The van der Waals surface area contributed by atoms with Gasteiger partial charge in [-0.05, 0) is 77.9 Å². The maximum Gasteiger partial charge on any atom is 0.368 e. The molecule has 0 N–H and O–H groups in total. The van der Waals surface area contributed by atoms with E-state index >= 15 is 0 Å². The van der Waals surface area contributed by atoms with Crippen molar-refractivity contribution in [2.24, 2.45) is 7.05 Å². The first kappa shape index (κ1) is 20.9. The van der Waals surface area contributed by atoms with Crippen LogP contribution >= 0.6 is 0 Å². The minimum absolute atomic E-state index is 0.260. The first-order valence-electron chi connectivity index (χ1n) is 9.95. The first-order valence-corrected chi connectivity index (χ1v) is 9.95. The lowest BCUT2D eigenvalue weighted by Gasteiger charge is -2.15. The first-order chi connectivity index (χ1) is 15.5. The summed E-state index contributed by atoms with van der Waals surface area (Å²) in [6.45, 7) is 4.15. The zero-order valence-corrected chi connectivity index (χ0v) is 17.9. The van der Waals surface area contributed by atoms with Crippen LogP contribution in [0, 0.1) is 25.2 Å². The van der Waals surface area contributed by atoms with E-state index in [9.17, 15) is 4.79 Å². The Morgan fingerprint density at radius 2 is 1.75 bits per heavy atom. The van der Waals surface area contributed by atoms with Crippen LogP contribution in [0.25, 0.3) is 5.69 Å². The van der Waals surface area contributed by atoms with E-state index in [0.717, 1.165) is 16.7 Å². The third-order valence-corrected chi connectivity index (χ3v) is 5.05. The Labute approximate surface area is 184 Å². The molecule has 0 saturated heterocycles. The van der Waals surface area contributed by atoms with Gasteiger partial charge in [0.15, 0.2) is 0 Å². The molecule has 8 nitrogen and oxygen atoms in total. The molecule has 0 aliphatic carbocycles. The molecule has 32 heavy (non-hydrogen) atoms. The Morgan fingerprint density at radius 1 is 0.969 bits per heavy atom. The van der Waals surface area contributed by atoms with Gasteiger partial charge in [0.05, 0.1) is 17.3 Å². The van der Waals surface area contributed by atoms with Crippen LogP contribution in [-0.4, -0.2) is 19.8 Å². The molecular formula is C24H21N5O3. The van der Waals surface area contributed by atoms with Crippen molar-refractivity contribution >= 4 is 0 Å². The van der Waals surface area contributed by atoms with Crippen molar-refractivity contribution in [2.75, 3.05) is 0 Å². The lowest BCUT2D eigenvalue weighted by atomic mass is 10.1. The topological polar surface area (TPSA) is 95.0 Å². The largest absolute Gasteiger partial charge is 0.489 e. The third-order valence-electron chi connectivity index (χ3n) is 5.05. The summed E-state index contributed by atoms with van der Waals surface area (Å²) in [6.07, 6.45) is 0. The molecule has 0 unspecified atom stereocenters. The number of aromatic nitrogens is 4. The van der Waals surface area contributed by atoms with Gasteiger partial charge in [-0.25, -0.2) is 4.79 Å². The summed E-state index contributed by atoms with van der Waals surface area (Å²) in [4.78, 5) is 12.3. The van der Waals surface area contributed by atoms with Crippen molar-refractivity contribution in [1.29, 1.82) is 5.26 Å². The second-order valence-corrected chi connectivity index (χ2v) is 7.33. The molecule has 0 aliphatic heterocycles. The average molecular weight is 427 g/mol. The van der Waals surface area contributed by atoms with Gasteiger partial charge in [-0.15, -0.1) is 0 Å². The predicted octanol–water partition coefficient (Wildman–Crippen LogP) is 3.83. The van der Waals surface area contributed by atoms with Crippen molar-refractivity contribution in [1.82, 2.24) is 19.8 Å². The summed E-state index contributed by atoms with van der Waals surface area (Å²) in [6, 6.07) is 20.3. The molecule has 8 heteroatoms. The summed E-state index contributed by atoms with van der Waals surface area (Å²) >= 11 is 0. The van der Waals surface area contributed by atoms with Crippen molar-refractivity contribution < 1.29 is 9.47 Å². The second-order valence-electron chi connectivity index (χ2n) is 7.33. The monoisotopic (exact) mass is 427 g/mol. The average Bonchev–Trinajstić information content (AvgIpc) is 3.12. The number of aryl methyl sites for hydroxylation is 3. The smallest absolute Gasteiger partial charge is 0.368 e. The summed E-state index contributed by atoms with van der Waals surface area (Å²) in [5, 5.41) is 16.8. The zero-order valence-electron chi connectivity index (χ0n) is 17.9. The standard InChI is InChI=1S/C24H21N5O3/c1-16-6-4-9-22(29-24(30)28(3)26-27-29)21(16)15-31-23-11-10-20(12-17(23)2)32-19-8-5-7-18(13-19)14-25/h4-13H,15H2,1-3H3. The molecule has 160 valence electrons. The Balaban J connectivity index is 1.54. The minimum atomic E-state index is -0.324. The van der Waals surface area contributed by atoms with Crippen LogP contribution in [0.2, 0.25) is 0 Å². The van der Waals surface area contributed by atoms with Gasteiger partial charge < -0.3 is 9.47 Å². The number of hydrogen-bond donors (Lipinski definition) is 0. The molecule has 4 rings (SSSR count). The summed E-state index contributed by atoms with van der Waals surface area (Å²) in [5.41, 5.74) is 3.58. The molecule has 0 saturated carbocycles. The summed E-state index contributed by atoms with van der Waals surface area (Å²) in [5.74, 6) is 1.94. The Bertz CT molecular complexity index is 1380. The second kappa shape index (κ2) is 8.78. The highest BCUT2D eigenvalue weighted by atomic mass is 16.5. The fourth-order valence-electron chi connectivity index (χ4n) is 3.30. The van der Waals surface area contributed by atoms with Crippen molar-refractivity contribution in [3.8, 4) is 29.0 Å². The highest BCUT2D eigenvalue weighted by molar-refractivity contribution is 5.46. The van der Waals surface area contributed by atoms with Gasteiger partial charge in [-0.3, -0.25) is 0 Å². The van der Waals surface area contributed by atoms with Crippen LogP contribution in [0.1, 0.15) is 22.3 Å². The van der Waals surface area contributed by atoms with Crippen molar-refractivity contribution in [2.45, 2.75) is 20.5 Å². The SMILES string of the molecule is Cc1cc(Oc2cccc(C#N)c2)ccc1OCc1c(C)cccc1-n1nnn(C)c1=O. The number of hydrogen-bond acceptors (Lipinski definition) is 6. The normalized spacial score (nSPS) is 10.6. The Kier molecular flexibility index (Phi) is 5.73. The highest BCUT2D eigenvalue weighted by Crippen LogP contribution is 2.29. The maximum absolute atomic E-state index is 12.3. The van der Waals surface area contributed by atoms with E-state index in [1.54, 1.807) is 31.3 Å². The van der Waals surface area contributed by atoms with E-state index in [2.05, 4.69) is 16.5 Å². The molecule has 4 aromatic rings. The van der Waals surface area contributed by atoms with E-state index in [1.165, 1.54) is 9.36 Å². The van der Waals surface area contributed by atoms with Crippen LogP contribution in [0.3, 0.4) is 0 Å². The third kappa shape index (κ3) is 4.23. The summed E-state index contributed by atoms with van der Waals surface area (Å²) < 4.78 is 14.4. The molecule has 0 aliphatic rings. The van der Waals surface area contributed by atoms with Gasteiger partial charge in [0, 0.05) is 12.6 Å². The number of benzene rings is 3. The van der Waals surface area contributed by atoms with Gasteiger partial charge in [0.1, 0.15) is 23.9 Å². The van der Waals surface area contributed by atoms with E-state index in [4.69, 9.17) is 14.7 Å². The fourth-order valence-corrected chi connectivity index (χ4v) is 3.30. The molecule has 0 bridgehead atoms. The zero-order chi connectivity index (χ0) is 22.7. The van der Waals surface area contributed by atoms with Crippen LogP contribution in [0.4, 0.5) is 0 Å². The Morgan fingerprint density at radius 3 is 2.47 bits per heavy atom. The maximum atomic E-state index is 12.3. The highest BCUT2D eigenvalue weighted by Gasteiger charge is 2.14. The Hall–Kier alpha value is -4.38. The van der Waals surface area contributed by atoms with Crippen LogP contribution in [0.15, 0.2) is 65.5 Å². The van der Waals surface area contributed by atoms with Crippen LogP contribution in [-0.2, 0) is 13.7 Å². The lowest BCUT2D eigenvalue weighted by Crippen LogP contribution is -2.23. The molecule has 0 fully saturated rings. The van der Waals surface area contributed by atoms with Gasteiger partial charge in [0.2, 0.25) is 0 Å². The minimum Gasteiger partial charge on any atom is -0.489 e. The molecular weight excluding hydrogens is 406 g/mol. The number of nitrogens with zero attached hydrogens (tertiary/aromatic N) is 5. The summed E-state index contributed by atoms with van der Waals surface area (Å²) in [7, 11) is 1.56. The van der Waals surface area contributed by atoms with Crippen molar-refractivity contribution in [3.05, 3.63) is 93.4 Å². The quantitative estimate of drug-likeness (QED) is 0.464. The van der Waals surface area contributed by atoms with E-state index < -0.39 is 0 Å². The van der Waals surface area contributed by atoms with E-state index in [-0.39, 0.29) is 12.3 Å². The molecule has 0 amide bonds.